The standard InChI is InChI=1S/C37H32N2O8S/c1-3-43-25-12-13-26-31(20-25)48-37(38-26)39-33(23-10-14-28(29(18-23)44-4-2)47-21-22-8-6-5-7-9-22)32(35(41)36(39)42)34(40)24-11-15-27-30(19-24)46-17-16-45-27/h5-15,18-20,33,40H,3-4,16-17,21H2,1-2H3/b34-32-. The van der Waals surface area contributed by atoms with Crippen molar-refractivity contribution in [1.82, 2.24) is 4.98 Å². The van der Waals surface area contributed by atoms with E-state index in [1.807, 2.05) is 62.4 Å². The number of fused-ring (bicyclic) bond motifs is 2. The molecule has 1 fully saturated rings. The first-order valence-corrected chi connectivity index (χ1v) is 16.4. The number of aliphatic hydroxyl groups excluding tert-OH is 1. The highest BCUT2D eigenvalue weighted by molar-refractivity contribution is 7.22. The van der Waals surface area contributed by atoms with Crippen molar-refractivity contribution < 1.29 is 38.4 Å². The van der Waals surface area contributed by atoms with Crippen LogP contribution in [0.4, 0.5) is 5.13 Å². The summed E-state index contributed by atoms with van der Waals surface area (Å²) in [6.07, 6.45) is 0. The first kappa shape index (κ1) is 31.1. The van der Waals surface area contributed by atoms with Crippen LogP contribution in [0.25, 0.3) is 16.0 Å². The number of nitrogens with zero attached hydrogens (tertiary/aromatic N) is 2. The van der Waals surface area contributed by atoms with Crippen molar-refractivity contribution in [3.05, 3.63) is 107 Å². The van der Waals surface area contributed by atoms with Gasteiger partial charge in [-0.05, 0) is 73.5 Å². The first-order valence-electron chi connectivity index (χ1n) is 15.6. The maximum absolute atomic E-state index is 13.9. The Hall–Kier alpha value is -5.55. The third-order valence-electron chi connectivity index (χ3n) is 7.95. The fourth-order valence-electron chi connectivity index (χ4n) is 5.76. The zero-order chi connectivity index (χ0) is 33.2. The minimum atomic E-state index is -1.03. The van der Waals surface area contributed by atoms with Gasteiger partial charge in [0.2, 0.25) is 0 Å². The molecule has 244 valence electrons. The molecule has 1 saturated heterocycles. The van der Waals surface area contributed by atoms with Gasteiger partial charge in [-0.25, -0.2) is 4.98 Å². The maximum atomic E-state index is 13.9. The maximum Gasteiger partial charge on any atom is 0.301 e. The summed E-state index contributed by atoms with van der Waals surface area (Å²) >= 11 is 1.26. The van der Waals surface area contributed by atoms with E-state index in [2.05, 4.69) is 0 Å². The number of anilines is 1. The van der Waals surface area contributed by atoms with E-state index >= 15 is 0 Å². The van der Waals surface area contributed by atoms with Gasteiger partial charge >= 0.3 is 5.91 Å². The van der Waals surface area contributed by atoms with Gasteiger partial charge in [-0.2, -0.15) is 0 Å². The average molecular weight is 665 g/mol. The van der Waals surface area contributed by atoms with E-state index in [0.29, 0.717) is 83.6 Å². The van der Waals surface area contributed by atoms with Crippen LogP contribution in [0.5, 0.6) is 28.7 Å². The summed E-state index contributed by atoms with van der Waals surface area (Å²) in [5.41, 5.74) is 2.37. The van der Waals surface area contributed by atoms with Gasteiger partial charge in [-0.1, -0.05) is 47.7 Å². The molecule has 5 aromatic rings. The van der Waals surface area contributed by atoms with Crippen molar-refractivity contribution in [3.8, 4) is 28.7 Å². The number of ether oxygens (including phenoxy) is 5. The number of ketones is 1. The van der Waals surface area contributed by atoms with E-state index < -0.39 is 17.7 Å². The van der Waals surface area contributed by atoms with E-state index in [4.69, 9.17) is 28.7 Å². The molecule has 2 aliphatic heterocycles. The third kappa shape index (κ3) is 5.88. The van der Waals surface area contributed by atoms with E-state index in [1.54, 1.807) is 36.4 Å². The van der Waals surface area contributed by atoms with Crippen molar-refractivity contribution in [2.24, 2.45) is 0 Å². The Morgan fingerprint density at radius 3 is 2.46 bits per heavy atom. The van der Waals surface area contributed by atoms with Gasteiger partial charge in [-0.15, -0.1) is 0 Å². The molecule has 2 aliphatic rings. The highest BCUT2D eigenvalue weighted by atomic mass is 32.1. The Kier molecular flexibility index (Phi) is 8.60. The molecule has 1 N–H and O–H groups in total. The van der Waals surface area contributed by atoms with E-state index in [9.17, 15) is 14.7 Å². The second-order valence-corrected chi connectivity index (χ2v) is 12.0. The highest BCUT2D eigenvalue weighted by Crippen LogP contribution is 2.47. The number of thiazole rings is 1. The molecular formula is C37H32N2O8S. The molecule has 4 aromatic carbocycles. The Morgan fingerprint density at radius 1 is 0.875 bits per heavy atom. The Bertz CT molecular complexity index is 2040. The Morgan fingerprint density at radius 2 is 1.67 bits per heavy atom. The van der Waals surface area contributed by atoms with Crippen LogP contribution in [0, 0.1) is 0 Å². The molecule has 7 rings (SSSR count). The van der Waals surface area contributed by atoms with Crippen molar-refractivity contribution in [2.45, 2.75) is 26.5 Å². The molecule has 1 unspecified atom stereocenters. The summed E-state index contributed by atoms with van der Waals surface area (Å²) in [5.74, 6) is 0.562. The van der Waals surface area contributed by atoms with E-state index in [-0.39, 0.29) is 11.3 Å². The predicted molar refractivity (Wildman–Crippen MR) is 181 cm³/mol. The van der Waals surface area contributed by atoms with Crippen LogP contribution in [0.15, 0.2) is 90.5 Å². The lowest BCUT2D eigenvalue weighted by Crippen LogP contribution is -2.29. The lowest BCUT2D eigenvalue weighted by Gasteiger charge is -2.24. The Labute approximate surface area is 280 Å². The summed E-state index contributed by atoms with van der Waals surface area (Å²) in [4.78, 5) is 33.9. The number of amides is 1. The van der Waals surface area contributed by atoms with Gasteiger partial charge in [0.1, 0.15) is 31.3 Å². The number of rotatable bonds is 10. The van der Waals surface area contributed by atoms with Crippen molar-refractivity contribution in [2.75, 3.05) is 31.3 Å². The van der Waals surface area contributed by atoms with Crippen LogP contribution in [0.2, 0.25) is 0 Å². The molecule has 0 spiro atoms. The number of Topliss-reactive ketones (excluding diaryl/α,β-unsaturated/α-hetero) is 1. The zero-order valence-electron chi connectivity index (χ0n) is 26.3. The molecule has 0 saturated carbocycles. The molecule has 1 aromatic heterocycles. The van der Waals surface area contributed by atoms with Crippen molar-refractivity contribution in [3.63, 3.8) is 0 Å². The lowest BCUT2D eigenvalue weighted by molar-refractivity contribution is -0.132. The summed E-state index contributed by atoms with van der Waals surface area (Å²) < 4.78 is 29.9. The van der Waals surface area contributed by atoms with Gasteiger partial charge < -0.3 is 28.8 Å². The van der Waals surface area contributed by atoms with Crippen LogP contribution in [0.1, 0.15) is 36.6 Å². The van der Waals surface area contributed by atoms with Crippen molar-refractivity contribution in [1.29, 1.82) is 0 Å². The van der Waals surface area contributed by atoms with Crippen LogP contribution in [-0.2, 0) is 16.2 Å². The summed E-state index contributed by atoms with van der Waals surface area (Å²) in [7, 11) is 0. The number of benzene rings is 4. The summed E-state index contributed by atoms with van der Waals surface area (Å²) in [6.45, 7) is 5.69. The number of hydrogen-bond acceptors (Lipinski definition) is 10. The third-order valence-corrected chi connectivity index (χ3v) is 8.96. The molecule has 10 nitrogen and oxygen atoms in total. The number of hydrogen-bond donors (Lipinski definition) is 1. The van der Waals surface area contributed by atoms with Gasteiger partial charge in [0.15, 0.2) is 28.1 Å². The second kappa shape index (κ2) is 13.3. The smallest absolute Gasteiger partial charge is 0.301 e. The molecule has 48 heavy (non-hydrogen) atoms. The van der Waals surface area contributed by atoms with Gasteiger partial charge in [-0.3, -0.25) is 14.5 Å². The monoisotopic (exact) mass is 664 g/mol. The van der Waals surface area contributed by atoms with Crippen LogP contribution < -0.4 is 28.6 Å². The van der Waals surface area contributed by atoms with Crippen LogP contribution in [0.3, 0.4) is 0 Å². The molecule has 0 bridgehead atoms. The van der Waals surface area contributed by atoms with E-state index in [1.165, 1.54) is 16.2 Å². The molecular weight excluding hydrogens is 632 g/mol. The molecule has 11 heteroatoms. The van der Waals surface area contributed by atoms with Gasteiger partial charge in [0.25, 0.3) is 5.78 Å². The number of aliphatic hydroxyl groups is 1. The Balaban J connectivity index is 1.35. The fraction of sp³-hybridized carbons (Fsp3) is 0.216. The topological polar surface area (TPSA) is 117 Å². The number of aromatic nitrogens is 1. The molecule has 1 amide bonds. The minimum absolute atomic E-state index is 0.0914. The normalized spacial score (nSPS) is 16.7. The second-order valence-electron chi connectivity index (χ2n) is 11.0. The summed E-state index contributed by atoms with van der Waals surface area (Å²) in [6, 6.07) is 24.4. The van der Waals surface area contributed by atoms with Gasteiger partial charge in [0.05, 0.1) is 35.0 Å². The van der Waals surface area contributed by atoms with Crippen molar-refractivity contribution >= 4 is 44.1 Å². The lowest BCUT2D eigenvalue weighted by atomic mass is 9.95. The SMILES string of the molecule is CCOc1ccc2nc(N3C(=O)C(=O)/C(=C(\O)c4ccc5c(c4)OCCO5)C3c3ccc(OCc4ccccc4)c(OCC)c3)sc2c1. The zero-order valence-corrected chi connectivity index (χ0v) is 27.1. The predicted octanol–water partition coefficient (Wildman–Crippen LogP) is 7.07. The molecule has 0 radical (unpaired) electrons. The molecule has 3 heterocycles. The minimum Gasteiger partial charge on any atom is -0.507 e. The summed E-state index contributed by atoms with van der Waals surface area (Å²) in [5, 5.41) is 12.1. The number of carbonyl (C=O) groups is 2. The number of carbonyl (C=O) groups excluding carboxylic acids is 2. The molecule has 1 atom stereocenters. The largest absolute Gasteiger partial charge is 0.507 e. The highest BCUT2D eigenvalue weighted by Gasteiger charge is 2.48. The molecule has 0 aliphatic carbocycles. The fourth-order valence-corrected chi connectivity index (χ4v) is 6.78. The first-order chi connectivity index (χ1) is 23.4. The van der Waals surface area contributed by atoms with Crippen LogP contribution >= 0.6 is 11.3 Å². The van der Waals surface area contributed by atoms with Gasteiger partial charge in [0, 0.05) is 5.56 Å². The average Bonchev–Trinajstić information content (AvgIpc) is 3.65. The quantitative estimate of drug-likeness (QED) is 0.0951. The van der Waals surface area contributed by atoms with Crippen LogP contribution in [-0.4, -0.2) is 48.2 Å². The van der Waals surface area contributed by atoms with E-state index in [0.717, 1.165) is 10.3 Å².